The van der Waals surface area contributed by atoms with Crippen LogP contribution in [0.25, 0.3) is 0 Å². The summed E-state index contributed by atoms with van der Waals surface area (Å²) in [5.41, 5.74) is 0. The van der Waals surface area contributed by atoms with Crippen LogP contribution in [0.5, 0.6) is 5.75 Å². The van der Waals surface area contributed by atoms with Crippen molar-refractivity contribution in [3.8, 4) is 5.75 Å². The second-order valence-electron chi connectivity index (χ2n) is 3.00. The minimum absolute atomic E-state index is 0.164. The SMILES string of the molecule is CC(COc1ccc(Cl)cc1)C(=O)O. The van der Waals surface area contributed by atoms with Crippen molar-refractivity contribution in [2.24, 2.45) is 5.92 Å². The summed E-state index contributed by atoms with van der Waals surface area (Å²) in [5, 5.41) is 9.23. The van der Waals surface area contributed by atoms with E-state index in [-0.39, 0.29) is 6.61 Å². The van der Waals surface area contributed by atoms with Crippen molar-refractivity contribution in [1.29, 1.82) is 0 Å². The third-order valence-electron chi connectivity index (χ3n) is 1.74. The highest BCUT2D eigenvalue weighted by Crippen LogP contribution is 2.16. The van der Waals surface area contributed by atoms with Crippen LogP contribution in [0.1, 0.15) is 6.92 Å². The molecule has 1 unspecified atom stereocenters. The first-order valence-electron chi connectivity index (χ1n) is 4.21. The van der Waals surface area contributed by atoms with Gasteiger partial charge < -0.3 is 9.84 Å². The van der Waals surface area contributed by atoms with Crippen LogP contribution in [-0.4, -0.2) is 17.7 Å². The van der Waals surface area contributed by atoms with Gasteiger partial charge in [0.25, 0.3) is 0 Å². The van der Waals surface area contributed by atoms with E-state index in [1.807, 2.05) is 0 Å². The summed E-state index contributed by atoms with van der Waals surface area (Å²) in [6, 6.07) is 6.80. The number of hydrogen-bond acceptors (Lipinski definition) is 2. The van der Waals surface area contributed by atoms with Crippen molar-refractivity contribution in [3.63, 3.8) is 0 Å². The summed E-state index contributed by atoms with van der Waals surface area (Å²) in [4.78, 5) is 10.5. The Morgan fingerprint density at radius 3 is 2.57 bits per heavy atom. The molecule has 0 saturated carbocycles. The number of carboxylic acid groups (broad SMARTS) is 1. The maximum Gasteiger partial charge on any atom is 0.309 e. The molecule has 0 saturated heterocycles. The van der Waals surface area contributed by atoms with Gasteiger partial charge in [-0.2, -0.15) is 0 Å². The number of rotatable bonds is 4. The Bertz CT molecular complexity index is 308. The normalized spacial score (nSPS) is 12.1. The molecule has 0 aliphatic heterocycles. The Morgan fingerprint density at radius 2 is 2.07 bits per heavy atom. The minimum Gasteiger partial charge on any atom is -0.493 e. The fourth-order valence-electron chi connectivity index (χ4n) is 0.823. The Hall–Kier alpha value is -1.22. The van der Waals surface area contributed by atoms with Crippen LogP contribution in [-0.2, 0) is 4.79 Å². The lowest BCUT2D eigenvalue weighted by atomic mass is 10.2. The number of ether oxygens (including phenoxy) is 1. The van der Waals surface area contributed by atoms with E-state index in [0.29, 0.717) is 10.8 Å². The molecular formula is C10H11ClO3. The smallest absolute Gasteiger partial charge is 0.309 e. The van der Waals surface area contributed by atoms with Crippen LogP contribution < -0.4 is 4.74 Å². The van der Waals surface area contributed by atoms with Crippen LogP contribution in [0.4, 0.5) is 0 Å². The molecule has 1 rings (SSSR count). The molecule has 0 aliphatic carbocycles. The molecule has 0 heterocycles. The van der Waals surface area contributed by atoms with Crippen molar-refractivity contribution in [3.05, 3.63) is 29.3 Å². The van der Waals surface area contributed by atoms with Gasteiger partial charge in [-0.1, -0.05) is 11.6 Å². The maximum absolute atomic E-state index is 10.5. The molecule has 0 aliphatic rings. The average Bonchev–Trinajstić information content (AvgIpc) is 2.16. The number of hydrogen-bond donors (Lipinski definition) is 1. The van der Waals surface area contributed by atoms with Gasteiger partial charge in [0.05, 0.1) is 5.92 Å². The standard InChI is InChI=1S/C10H11ClO3/c1-7(10(12)13)6-14-9-4-2-8(11)3-5-9/h2-5,7H,6H2,1H3,(H,12,13). The van der Waals surface area contributed by atoms with E-state index < -0.39 is 11.9 Å². The predicted octanol–water partition coefficient (Wildman–Crippen LogP) is 2.44. The molecule has 4 heteroatoms. The third kappa shape index (κ3) is 3.26. The van der Waals surface area contributed by atoms with E-state index in [4.69, 9.17) is 21.4 Å². The first-order valence-corrected chi connectivity index (χ1v) is 4.58. The van der Waals surface area contributed by atoms with Crippen molar-refractivity contribution in [2.75, 3.05) is 6.61 Å². The van der Waals surface area contributed by atoms with Gasteiger partial charge in [0, 0.05) is 5.02 Å². The first kappa shape index (κ1) is 10.9. The molecule has 1 aromatic carbocycles. The largest absolute Gasteiger partial charge is 0.493 e. The fraction of sp³-hybridized carbons (Fsp3) is 0.300. The Kier molecular flexibility index (Phi) is 3.77. The highest BCUT2D eigenvalue weighted by Gasteiger charge is 2.11. The van der Waals surface area contributed by atoms with E-state index in [1.165, 1.54) is 0 Å². The van der Waals surface area contributed by atoms with E-state index in [0.717, 1.165) is 0 Å². The molecular weight excluding hydrogens is 204 g/mol. The lowest BCUT2D eigenvalue weighted by Gasteiger charge is -2.08. The zero-order chi connectivity index (χ0) is 10.6. The Balaban J connectivity index is 2.46. The predicted molar refractivity (Wildman–Crippen MR) is 53.7 cm³/mol. The zero-order valence-corrected chi connectivity index (χ0v) is 8.49. The number of aliphatic carboxylic acids is 1. The molecule has 0 amide bonds. The molecule has 1 aromatic rings. The van der Waals surface area contributed by atoms with Crippen molar-refractivity contribution >= 4 is 17.6 Å². The topological polar surface area (TPSA) is 46.5 Å². The van der Waals surface area contributed by atoms with Crippen molar-refractivity contribution in [1.82, 2.24) is 0 Å². The van der Waals surface area contributed by atoms with E-state index >= 15 is 0 Å². The molecule has 14 heavy (non-hydrogen) atoms. The van der Waals surface area contributed by atoms with Gasteiger partial charge in [-0.3, -0.25) is 4.79 Å². The molecule has 1 N–H and O–H groups in total. The summed E-state index contributed by atoms with van der Waals surface area (Å²) >= 11 is 5.68. The monoisotopic (exact) mass is 214 g/mol. The fourth-order valence-corrected chi connectivity index (χ4v) is 0.949. The van der Waals surface area contributed by atoms with Crippen molar-refractivity contribution < 1.29 is 14.6 Å². The molecule has 0 fully saturated rings. The molecule has 3 nitrogen and oxygen atoms in total. The highest BCUT2D eigenvalue weighted by atomic mass is 35.5. The molecule has 76 valence electrons. The molecule has 0 aromatic heterocycles. The average molecular weight is 215 g/mol. The summed E-state index contributed by atoms with van der Waals surface area (Å²) in [6.07, 6.45) is 0. The van der Waals surface area contributed by atoms with Gasteiger partial charge in [-0.15, -0.1) is 0 Å². The van der Waals surface area contributed by atoms with Gasteiger partial charge >= 0.3 is 5.97 Å². The molecule has 0 bridgehead atoms. The van der Waals surface area contributed by atoms with Crippen molar-refractivity contribution in [2.45, 2.75) is 6.92 Å². The number of carboxylic acids is 1. The quantitative estimate of drug-likeness (QED) is 0.838. The lowest BCUT2D eigenvalue weighted by Crippen LogP contribution is -2.17. The molecule has 0 spiro atoms. The van der Waals surface area contributed by atoms with Crippen LogP contribution in [0, 0.1) is 5.92 Å². The summed E-state index contributed by atoms with van der Waals surface area (Å²) in [5.74, 6) is -0.743. The van der Waals surface area contributed by atoms with Crippen LogP contribution in [0.3, 0.4) is 0 Å². The van der Waals surface area contributed by atoms with Gasteiger partial charge in [0.15, 0.2) is 0 Å². The zero-order valence-electron chi connectivity index (χ0n) is 7.74. The Labute approximate surface area is 87.3 Å². The van der Waals surface area contributed by atoms with Gasteiger partial charge in [0.1, 0.15) is 12.4 Å². The second kappa shape index (κ2) is 4.86. The highest BCUT2D eigenvalue weighted by molar-refractivity contribution is 6.30. The van der Waals surface area contributed by atoms with Crippen LogP contribution in [0.2, 0.25) is 5.02 Å². The van der Waals surface area contributed by atoms with Gasteiger partial charge in [0.2, 0.25) is 0 Å². The van der Waals surface area contributed by atoms with E-state index in [9.17, 15) is 4.79 Å². The van der Waals surface area contributed by atoms with E-state index in [2.05, 4.69) is 0 Å². The summed E-state index contributed by atoms with van der Waals surface area (Å²) < 4.78 is 5.24. The maximum atomic E-state index is 10.5. The van der Waals surface area contributed by atoms with Crippen LogP contribution in [0.15, 0.2) is 24.3 Å². The lowest BCUT2D eigenvalue weighted by molar-refractivity contribution is -0.142. The minimum atomic E-state index is -0.862. The summed E-state index contributed by atoms with van der Waals surface area (Å²) in [6.45, 7) is 1.76. The number of carbonyl (C=O) groups is 1. The molecule has 1 atom stereocenters. The van der Waals surface area contributed by atoms with Gasteiger partial charge in [-0.05, 0) is 31.2 Å². The molecule has 0 radical (unpaired) electrons. The van der Waals surface area contributed by atoms with Gasteiger partial charge in [-0.25, -0.2) is 0 Å². The van der Waals surface area contributed by atoms with Crippen LogP contribution >= 0.6 is 11.6 Å². The third-order valence-corrected chi connectivity index (χ3v) is 1.99. The van der Waals surface area contributed by atoms with E-state index in [1.54, 1.807) is 31.2 Å². The number of halogens is 1. The second-order valence-corrected chi connectivity index (χ2v) is 3.44. The summed E-state index contributed by atoms with van der Waals surface area (Å²) in [7, 11) is 0. The Morgan fingerprint density at radius 1 is 1.50 bits per heavy atom. The number of benzene rings is 1. The first-order chi connectivity index (χ1) is 6.59.